The smallest absolute Gasteiger partial charge is 0.227 e. The average molecular weight is 314 g/mol. The number of aromatic nitrogens is 1. The summed E-state index contributed by atoms with van der Waals surface area (Å²) in [5.74, 6) is 0.198. The molecule has 1 saturated heterocycles. The Labute approximate surface area is 137 Å². The first-order valence-electron chi connectivity index (χ1n) is 8.50. The highest BCUT2D eigenvalue weighted by molar-refractivity contribution is 5.89. The van der Waals surface area contributed by atoms with Gasteiger partial charge in [-0.3, -0.25) is 4.79 Å². The highest BCUT2D eigenvalue weighted by atomic mass is 16.3. The number of hydrogen-bond donors (Lipinski definition) is 1. The van der Waals surface area contributed by atoms with E-state index in [1.54, 1.807) is 0 Å². The molecule has 124 valence electrons. The van der Waals surface area contributed by atoms with Crippen LogP contribution in [0.3, 0.4) is 0 Å². The van der Waals surface area contributed by atoms with Crippen LogP contribution in [0.1, 0.15) is 31.7 Å². The minimum atomic E-state index is 0.0240. The second-order valence-electron chi connectivity index (χ2n) is 6.85. The third-order valence-corrected chi connectivity index (χ3v) is 5.58. The van der Waals surface area contributed by atoms with Crippen molar-refractivity contribution < 1.29 is 9.90 Å². The Morgan fingerprint density at radius 2 is 1.96 bits per heavy atom. The van der Waals surface area contributed by atoms with Crippen molar-refractivity contribution in [3.63, 3.8) is 0 Å². The fourth-order valence-electron chi connectivity index (χ4n) is 3.70. The number of benzene rings is 1. The van der Waals surface area contributed by atoms with Gasteiger partial charge in [-0.25, -0.2) is 0 Å². The number of fused-ring (bicyclic) bond motifs is 1. The molecule has 1 amide bonds. The monoisotopic (exact) mass is 314 g/mol. The summed E-state index contributed by atoms with van der Waals surface area (Å²) in [6, 6.07) is 8.22. The number of hydrogen-bond acceptors (Lipinski definition) is 2. The van der Waals surface area contributed by atoms with Crippen LogP contribution in [0.15, 0.2) is 30.5 Å². The Morgan fingerprint density at radius 3 is 2.61 bits per heavy atom. The van der Waals surface area contributed by atoms with Gasteiger partial charge in [-0.2, -0.15) is 0 Å². The van der Waals surface area contributed by atoms with E-state index in [1.165, 1.54) is 10.9 Å². The van der Waals surface area contributed by atoms with Crippen LogP contribution in [0.5, 0.6) is 0 Å². The predicted octanol–water partition coefficient (Wildman–Crippen LogP) is 2.73. The number of piperidine rings is 1. The molecule has 23 heavy (non-hydrogen) atoms. The molecule has 2 heterocycles. The maximum absolute atomic E-state index is 12.7. The molecular weight excluding hydrogens is 288 g/mol. The number of carbonyl (C=O) groups excluding carboxylic acids is 1. The summed E-state index contributed by atoms with van der Waals surface area (Å²) >= 11 is 0. The molecule has 1 aliphatic heterocycles. The lowest BCUT2D eigenvalue weighted by molar-refractivity contribution is -0.133. The Balaban J connectivity index is 1.70. The summed E-state index contributed by atoms with van der Waals surface area (Å²) in [7, 11) is 2.02. The SMILES string of the molecule is CCC1(CO)CCN(C(=O)Cc2cn(C)c3ccccc23)CC1. The molecule has 2 aromatic rings. The van der Waals surface area contributed by atoms with E-state index in [-0.39, 0.29) is 17.9 Å². The molecule has 0 atom stereocenters. The van der Waals surface area contributed by atoms with Gasteiger partial charge < -0.3 is 14.6 Å². The van der Waals surface area contributed by atoms with E-state index in [9.17, 15) is 9.90 Å². The van der Waals surface area contributed by atoms with Crippen molar-refractivity contribution in [3.8, 4) is 0 Å². The predicted molar refractivity (Wildman–Crippen MR) is 92.2 cm³/mol. The molecule has 0 spiro atoms. The first-order chi connectivity index (χ1) is 11.1. The molecule has 1 aliphatic rings. The van der Waals surface area contributed by atoms with Gasteiger partial charge >= 0.3 is 0 Å². The van der Waals surface area contributed by atoms with Crippen LogP contribution in [-0.4, -0.2) is 40.2 Å². The number of amides is 1. The molecule has 0 radical (unpaired) electrons. The maximum Gasteiger partial charge on any atom is 0.227 e. The Kier molecular flexibility index (Phi) is 4.44. The topological polar surface area (TPSA) is 45.5 Å². The minimum Gasteiger partial charge on any atom is -0.396 e. The van der Waals surface area contributed by atoms with Gasteiger partial charge in [0.15, 0.2) is 0 Å². The molecule has 1 aromatic heterocycles. The zero-order chi connectivity index (χ0) is 16.4. The molecular formula is C19H26N2O2. The number of aliphatic hydroxyl groups excluding tert-OH is 1. The lowest BCUT2D eigenvalue weighted by Crippen LogP contribution is -2.44. The Hall–Kier alpha value is -1.81. The van der Waals surface area contributed by atoms with Gasteiger partial charge in [0.25, 0.3) is 0 Å². The molecule has 1 N–H and O–H groups in total. The number of carbonyl (C=O) groups is 1. The number of rotatable bonds is 4. The van der Waals surface area contributed by atoms with E-state index in [2.05, 4.69) is 29.8 Å². The fourth-order valence-corrected chi connectivity index (χ4v) is 3.70. The van der Waals surface area contributed by atoms with E-state index < -0.39 is 0 Å². The number of para-hydroxylation sites is 1. The maximum atomic E-state index is 12.7. The fraction of sp³-hybridized carbons (Fsp3) is 0.526. The summed E-state index contributed by atoms with van der Waals surface area (Å²) in [4.78, 5) is 14.6. The van der Waals surface area contributed by atoms with Gasteiger partial charge in [0.1, 0.15) is 0 Å². The van der Waals surface area contributed by atoms with Gasteiger partial charge in [0.2, 0.25) is 5.91 Å². The van der Waals surface area contributed by atoms with Crippen molar-refractivity contribution in [2.75, 3.05) is 19.7 Å². The Bertz CT molecular complexity index is 690. The molecule has 1 fully saturated rings. The minimum absolute atomic E-state index is 0.0240. The third-order valence-electron chi connectivity index (χ3n) is 5.58. The van der Waals surface area contributed by atoms with E-state index in [0.29, 0.717) is 6.42 Å². The van der Waals surface area contributed by atoms with Crippen molar-refractivity contribution in [1.82, 2.24) is 9.47 Å². The molecule has 0 aliphatic carbocycles. The highest BCUT2D eigenvalue weighted by Crippen LogP contribution is 2.34. The summed E-state index contributed by atoms with van der Waals surface area (Å²) in [6.07, 6.45) is 5.31. The molecule has 3 rings (SSSR count). The first-order valence-corrected chi connectivity index (χ1v) is 8.50. The number of aryl methyl sites for hydroxylation is 1. The molecule has 0 unspecified atom stereocenters. The van der Waals surface area contributed by atoms with Crippen molar-refractivity contribution in [2.24, 2.45) is 12.5 Å². The molecule has 4 nitrogen and oxygen atoms in total. The van der Waals surface area contributed by atoms with Crippen LogP contribution in [0.4, 0.5) is 0 Å². The van der Waals surface area contributed by atoms with Crippen LogP contribution in [0.25, 0.3) is 10.9 Å². The second kappa shape index (κ2) is 6.36. The number of nitrogens with zero attached hydrogens (tertiary/aromatic N) is 2. The van der Waals surface area contributed by atoms with Crippen LogP contribution >= 0.6 is 0 Å². The Morgan fingerprint density at radius 1 is 1.26 bits per heavy atom. The van der Waals surface area contributed by atoms with Gasteiger partial charge in [-0.1, -0.05) is 25.1 Å². The van der Waals surface area contributed by atoms with Gasteiger partial charge in [0.05, 0.1) is 6.42 Å². The summed E-state index contributed by atoms with van der Waals surface area (Å²) < 4.78 is 2.09. The largest absolute Gasteiger partial charge is 0.396 e. The van der Waals surface area contributed by atoms with Gasteiger partial charge in [0, 0.05) is 43.8 Å². The third kappa shape index (κ3) is 3.00. The standard InChI is InChI=1S/C19H26N2O2/c1-3-19(14-22)8-10-21(11-9-19)18(23)12-15-13-20(2)17-7-5-4-6-16(15)17/h4-7,13,22H,3,8-12,14H2,1-2H3. The molecule has 0 bridgehead atoms. The normalized spacial score (nSPS) is 17.6. The van der Waals surface area contributed by atoms with E-state index in [1.807, 2.05) is 24.1 Å². The van der Waals surface area contributed by atoms with E-state index in [4.69, 9.17) is 0 Å². The van der Waals surface area contributed by atoms with Crippen molar-refractivity contribution in [3.05, 3.63) is 36.0 Å². The second-order valence-corrected chi connectivity index (χ2v) is 6.85. The first kappa shape index (κ1) is 16.1. The van der Waals surface area contributed by atoms with Gasteiger partial charge in [-0.15, -0.1) is 0 Å². The van der Waals surface area contributed by atoms with E-state index >= 15 is 0 Å². The number of likely N-dealkylation sites (tertiary alicyclic amines) is 1. The summed E-state index contributed by atoms with van der Waals surface area (Å²) in [5.41, 5.74) is 2.29. The van der Waals surface area contributed by atoms with Crippen LogP contribution < -0.4 is 0 Å². The summed E-state index contributed by atoms with van der Waals surface area (Å²) in [6.45, 7) is 3.88. The lowest BCUT2D eigenvalue weighted by Gasteiger charge is -2.40. The van der Waals surface area contributed by atoms with Crippen molar-refractivity contribution in [2.45, 2.75) is 32.6 Å². The van der Waals surface area contributed by atoms with E-state index in [0.717, 1.165) is 37.9 Å². The highest BCUT2D eigenvalue weighted by Gasteiger charge is 2.33. The molecule has 1 aromatic carbocycles. The molecule has 0 saturated carbocycles. The van der Waals surface area contributed by atoms with Crippen LogP contribution in [0, 0.1) is 5.41 Å². The zero-order valence-corrected chi connectivity index (χ0v) is 14.1. The van der Waals surface area contributed by atoms with Gasteiger partial charge in [-0.05, 0) is 36.3 Å². The summed E-state index contributed by atoms with van der Waals surface area (Å²) in [5, 5.41) is 10.8. The zero-order valence-electron chi connectivity index (χ0n) is 14.1. The van der Waals surface area contributed by atoms with Crippen LogP contribution in [0.2, 0.25) is 0 Å². The molecule has 4 heteroatoms. The van der Waals surface area contributed by atoms with Crippen molar-refractivity contribution in [1.29, 1.82) is 0 Å². The lowest BCUT2D eigenvalue weighted by atomic mass is 9.77. The quantitative estimate of drug-likeness (QED) is 0.943. The van der Waals surface area contributed by atoms with Crippen LogP contribution in [-0.2, 0) is 18.3 Å². The number of aliphatic hydroxyl groups is 1. The van der Waals surface area contributed by atoms with Crippen molar-refractivity contribution >= 4 is 16.8 Å². The average Bonchev–Trinajstić information content (AvgIpc) is 2.91.